The Kier molecular flexibility index (Phi) is 6.93. The summed E-state index contributed by atoms with van der Waals surface area (Å²) in [5.41, 5.74) is 14.9. The lowest BCUT2D eigenvalue weighted by atomic mass is 9.70. The van der Waals surface area contributed by atoms with Gasteiger partial charge in [-0.05, 0) is 103 Å². The topological polar surface area (TPSA) is 21.7 Å². The van der Waals surface area contributed by atoms with Crippen molar-refractivity contribution in [3.05, 3.63) is 235 Å². The first-order valence-corrected chi connectivity index (χ1v) is 20.6. The second-order valence-corrected chi connectivity index (χ2v) is 15.9. The normalized spacial score (nSPS) is 13.4. The number of benzene rings is 10. The van der Waals surface area contributed by atoms with Crippen LogP contribution in [-0.4, -0.2) is 0 Å². The molecule has 3 nitrogen and oxygen atoms in total. The highest BCUT2D eigenvalue weighted by atomic mass is 16.6. The van der Waals surface area contributed by atoms with Crippen molar-refractivity contribution in [3.8, 4) is 56.4 Å². The molecule has 280 valence electrons. The predicted octanol–water partition coefficient (Wildman–Crippen LogP) is 15.4. The van der Waals surface area contributed by atoms with Crippen molar-refractivity contribution in [1.82, 2.24) is 0 Å². The molecule has 60 heavy (non-hydrogen) atoms. The Morgan fingerprint density at radius 1 is 0.317 bits per heavy atom. The van der Waals surface area contributed by atoms with Gasteiger partial charge in [-0.1, -0.05) is 176 Å². The van der Waals surface area contributed by atoms with Crippen LogP contribution in [0.3, 0.4) is 0 Å². The average Bonchev–Trinajstić information content (AvgIpc) is 3.77. The first kappa shape index (κ1) is 33.1. The summed E-state index contributed by atoms with van der Waals surface area (Å²) in [6.45, 7) is 0. The monoisotopic (exact) mass is 765 g/mol. The minimum Gasteiger partial charge on any atom is -0.449 e. The largest absolute Gasteiger partial charge is 0.449 e. The molecule has 2 aliphatic carbocycles. The molecule has 10 aromatic carbocycles. The predicted molar refractivity (Wildman–Crippen MR) is 244 cm³/mol. The van der Waals surface area contributed by atoms with Crippen LogP contribution < -0.4 is 14.4 Å². The lowest BCUT2D eigenvalue weighted by molar-refractivity contribution is 0.360. The van der Waals surface area contributed by atoms with E-state index in [2.05, 4.69) is 211 Å². The zero-order valence-electron chi connectivity index (χ0n) is 32.5. The number of hydrogen-bond donors (Lipinski definition) is 0. The van der Waals surface area contributed by atoms with Crippen LogP contribution in [0.1, 0.15) is 22.3 Å². The van der Waals surface area contributed by atoms with Crippen LogP contribution in [0, 0.1) is 0 Å². The van der Waals surface area contributed by atoms with E-state index in [1.165, 1.54) is 61.0 Å². The third kappa shape index (κ3) is 4.49. The highest BCUT2D eigenvalue weighted by molar-refractivity contribution is 6.09. The van der Waals surface area contributed by atoms with Crippen LogP contribution in [0.5, 0.6) is 23.0 Å². The maximum atomic E-state index is 7.29. The van der Waals surface area contributed by atoms with Gasteiger partial charge in [0, 0.05) is 10.8 Å². The Bertz CT molecular complexity index is 3350. The summed E-state index contributed by atoms with van der Waals surface area (Å²) >= 11 is 0. The Labute approximate surface area is 348 Å². The van der Waals surface area contributed by atoms with E-state index in [1.807, 2.05) is 6.07 Å². The summed E-state index contributed by atoms with van der Waals surface area (Å²) in [4.78, 5) is 2.36. The van der Waals surface area contributed by atoms with Crippen LogP contribution in [0.15, 0.2) is 212 Å². The summed E-state index contributed by atoms with van der Waals surface area (Å²) in [6.07, 6.45) is 0. The van der Waals surface area contributed by atoms with Crippen LogP contribution >= 0.6 is 0 Å². The second-order valence-electron chi connectivity index (χ2n) is 15.9. The Balaban J connectivity index is 1.04. The molecule has 0 unspecified atom stereocenters. The number of anilines is 3. The summed E-state index contributed by atoms with van der Waals surface area (Å²) in [6, 6.07) is 76.4. The molecule has 0 radical (unpaired) electrons. The second kappa shape index (κ2) is 12.6. The fraction of sp³-hybridized carbons (Fsp3) is 0.0175. The number of hydrogen-bond acceptors (Lipinski definition) is 3. The van der Waals surface area contributed by atoms with E-state index in [9.17, 15) is 0 Å². The van der Waals surface area contributed by atoms with E-state index >= 15 is 0 Å². The highest BCUT2D eigenvalue weighted by Crippen LogP contribution is 2.65. The standard InChI is InChI=1S/C57H35NO2/c1-2-16-36(17-3-1)38-32-33-51(44-25-7-6-21-40(38)44)58(50-29-14-19-37-18-4-5-20-39(37)50)52-30-15-31-53-56(52)60-55-35-49-45(34-54(55)59-53)43-24-10-13-28-48(43)57(49)46-26-11-8-22-41(46)42-23-9-12-27-47(42)57/h1-35H. The molecule has 0 saturated heterocycles. The van der Waals surface area contributed by atoms with E-state index in [0.29, 0.717) is 23.0 Å². The molecule has 0 amide bonds. The van der Waals surface area contributed by atoms with Crippen molar-refractivity contribution in [2.75, 3.05) is 4.90 Å². The van der Waals surface area contributed by atoms with Crippen molar-refractivity contribution in [1.29, 1.82) is 0 Å². The highest BCUT2D eigenvalue weighted by Gasteiger charge is 2.52. The molecule has 1 spiro atoms. The van der Waals surface area contributed by atoms with Crippen LogP contribution in [0.2, 0.25) is 0 Å². The Morgan fingerprint density at radius 3 is 1.62 bits per heavy atom. The van der Waals surface area contributed by atoms with E-state index in [-0.39, 0.29) is 0 Å². The minimum atomic E-state index is -0.494. The molecule has 0 fully saturated rings. The molecule has 1 aliphatic heterocycles. The fourth-order valence-corrected chi connectivity index (χ4v) is 10.5. The van der Waals surface area contributed by atoms with E-state index in [1.54, 1.807) is 0 Å². The average molecular weight is 766 g/mol. The molecule has 10 aromatic rings. The van der Waals surface area contributed by atoms with Gasteiger partial charge in [-0.3, -0.25) is 0 Å². The quantitative estimate of drug-likeness (QED) is 0.178. The van der Waals surface area contributed by atoms with E-state index in [4.69, 9.17) is 9.47 Å². The molecule has 1 heterocycles. The number of para-hydroxylation sites is 1. The van der Waals surface area contributed by atoms with Gasteiger partial charge in [0.15, 0.2) is 23.0 Å². The first-order valence-electron chi connectivity index (χ1n) is 20.6. The maximum absolute atomic E-state index is 7.29. The van der Waals surface area contributed by atoms with Crippen LogP contribution in [-0.2, 0) is 5.41 Å². The summed E-state index contributed by atoms with van der Waals surface area (Å²) < 4.78 is 14.3. The first-order chi connectivity index (χ1) is 29.8. The van der Waals surface area contributed by atoms with Crippen molar-refractivity contribution in [2.24, 2.45) is 0 Å². The minimum absolute atomic E-state index is 0.494. The number of fused-ring (bicyclic) bond motifs is 14. The maximum Gasteiger partial charge on any atom is 0.194 e. The summed E-state index contributed by atoms with van der Waals surface area (Å²) in [7, 11) is 0. The van der Waals surface area contributed by atoms with E-state index in [0.717, 1.165) is 33.2 Å². The molecule has 0 aromatic heterocycles. The van der Waals surface area contributed by atoms with Gasteiger partial charge in [-0.25, -0.2) is 0 Å². The van der Waals surface area contributed by atoms with Gasteiger partial charge in [0.25, 0.3) is 0 Å². The number of ether oxygens (including phenoxy) is 2. The summed E-state index contributed by atoms with van der Waals surface area (Å²) in [5, 5.41) is 4.62. The van der Waals surface area contributed by atoms with Gasteiger partial charge in [0.1, 0.15) is 0 Å². The molecule has 3 aliphatic rings. The number of nitrogens with zero attached hydrogens (tertiary/aromatic N) is 1. The van der Waals surface area contributed by atoms with Crippen molar-refractivity contribution >= 4 is 38.6 Å². The van der Waals surface area contributed by atoms with Crippen molar-refractivity contribution in [3.63, 3.8) is 0 Å². The zero-order valence-corrected chi connectivity index (χ0v) is 32.5. The van der Waals surface area contributed by atoms with Gasteiger partial charge in [-0.15, -0.1) is 0 Å². The van der Waals surface area contributed by atoms with Crippen molar-refractivity contribution in [2.45, 2.75) is 5.41 Å². The molecule has 0 N–H and O–H groups in total. The third-order valence-electron chi connectivity index (χ3n) is 12.9. The smallest absolute Gasteiger partial charge is 0.194 e. The SMILES string of the molecule is c1ccc(-c2ccc(N(c3cccc4c3Oc3cc5c(cc3O4)-c3ccccc3C53c4ccccc4-c4ccccc43)c3cccc4ccccc34)c3ccccc23)cc1. The van der Waals surface area contributed by atoms with Gasteiger partial charge in [0.2, 0.25) is 0 Å². The molecule has 13 rings (SSSR count). The zero-order chi connectivity index (χ0) is 39.4. The Morgan fingerprint density at radius 2 is 0.867 bits per heavy atom. The Hall–Kier alpha value is -7.88. The molecule has 0 atom stereocenters. The van der Waals surface area contributed by atoms with Crippen molar-refractivity contribution < 1.29 is 9.47 Å². The molecule has 0 bridgehead atoms. The molecule has 0 saturated carbocycles. The molecule has 3 heteroatoms. The fourth-order valence-electron chi connectivity index (χ4n) is 10.5. The van der Waals surface area contributed by atoms with Crippen LogP contribution in [0.4, 0.5) is 17.1 Å². The van der Waals surface area contributed by atoms with Gasteiger partial charge < -0.3 is 14.4 Å². The van der Waals surface area contributed by atoms with Gasteiger partial charge >= 0.3 is 0 Å². The van der Waals surface area contributed by atoms with Gasteiger partial charge in [-0.2, -0.15) is 0 Å². The van der Waals surface area contributed by atoms with Gasteiger partial charge in [0.05, 0.1) is 22.5 Å². The number of rotatable bonds is 4. The van der Waals surface area contributed by atoms with Crippen LogP contribution in [0.25, 0.3) is 54.9 Å². The third-order valence-corrected chi connectivity index (χ3v) is 12.9. The van der Waals surface area contributed by atoms with E-state index < -0.39 is 5.41 Å². The molecular weight excluding hydrogens is 731 g/mol. The lowest BCUT2D eigenvalue weighted by Crippen LogP contribution is -2.26. The molecular formula is C57H35NO2. The summed E-state index contributed by atoms with van der Waals surface area (Å²) in [5.74, 6) is 2.75. The lowest BCUT2D eigenvalue weighted by Gasteiger charge is -2.33.